The SMILES string of the molecule is COc1cc(C)ccc1-c1noc(CCCC#N)n1. The molecule has 2 aromatic rings. The van der Waals surface area contributed by atoms with Crippen molar-refractivity contribution in [3.05, 3.63) is 29.7 Å². The Hall–Kier alpha value is -2.35. The highest BCUT2D eigenvalue weighted by atomic mass is 16.5. The second-order valence-electron chi connectivity index (χ2n) is 4.23. The molecule has 0 aliphatic carbocycles. The summed E-state index contributed by atoms with van der Waals surface area (Å²) in [4.78, 5) is 4.32. The molecule has 0 aliphatic heterocycles. The van der Waals surface area contributed by atoms with Crippen molar-refractivity contribution in [1.29, 1.82) is 5.26 Å². The van der Waals surface area contributed by atoms with Gasteiger partial charge in [0.15, 0.2) is 0 Å². The molecule has 0 spiro atoms. The van der Waals surface area contributed by atoms with E-state index in [1.54, 1.807) is 7.11 Å². The van der Waals surface area contributed by atoms with Crippen molar-refractivity contribution in [3.63, 3.8) is 0 Å². The fraction of sp³-hybridized carbons (Fsp3) is 0.357. The molecular formula is C14H15N3O2. The Bertz CT molecular complexity index is 599. The van der Waals surface area contributed by atoms with Gasteiger partial charge in [-0.15, -0.1) is 0 Å². The Labute approximate surface area is 111 Å². The maximum Gasteiger partial charge on any atom is 0.226 e. The number of aromatic nitrogens is 2. The lowest BCUT2D eigenvalue weighted by molar-refractivity contribution is 0.376. The van der Waals surface area contributed by atoms with Gasteiger partial charge in [0.05, 0.1) is 18.7 Å². The van der Waals surface area contributed by atoms with Gasteiger partial charge >= 0.3 is 0 Å². The second kappa shape index (κ2) is 6.01. The molecule has 1 heterocycles. The summed E-state index contributed by atoms with van der Waals surface area (Å²) in [5.41, 5.74) is 1.92. The molecule has 0 atom stereocenters. The maximum absolute atomic E-state index is 8.49. The molecule has 5 heteroatoms. The van der Waals surface area contributed by atoms with Gasteiger partial charge in [0.25, 0.3) is 0 Å². The topological polar surface area (TPSA) is 71.9 Å². The van der Waals surface area contributed by atoms with Gasteiger partial charge in [0.1, 0.15) is 5.75 Å². The molecule has 0 N–H and O–H groups in total. The molecule has 0 bridgehead atoms. The maximum atomic E-state index is 8.49. The first kappa shape index (κ1) is 13.1. The highest BCUT2D eigenvalue weighted by molar-refractivity contribution is 5.64. The Morgan fingerprint density at radius 3 is 3.00 bits per heavy atom. The zero-order valence-corrected chi connectivity index (χ0v) is 11.0. The minimum Gasteiger partial charge on any atom is -0.496 e. The third-order valence-corrected chi connectivity index (χ3v) is 2.75. The van der Waals surface area contributed by atoms with Crippen LogP contribution < -0.4 is 4.74 Å². The van der Waals surface area contributed by atoms with Crippen LogP contribution in [-0.4, -0.2) is 17.3 Å². The Kier molecular flexibility index (Phi) is 4.14. The smallest absolute Gasteiger partial charge is 0.226 e. The lowest BCUT2D eigenvalue weighted by atomic mass is 10.1. The van der Waals surface area contributed by atoms with E-state index >= 15 is 0 Å². The molecule has 98 valence electrons. The van der Waals surface area contributed by atoms with E-state index in [-0.39, 0.29) is 0 Å². The minimum absolute atomic E-state index is 0.492. The van der Waals surface area contributed by atoms with E-state index in [2.05, 4.69) is 16.2 Å². The van der Waals surface area contributed by atoms with Gasteiger partial charge in [-0.2, -0.15) is 10.2 Å². The number of hydrogen-bond donors (Lipinski definition) is 0. The Morgan fingerprint density at radius 1 is 1.42 bits per heavy atom. The summed E-state index contributed by atoms with van der Waals surface area (Å²) in [6.45, 7) is 2.00. The van der Waals surface area contributed by atoms with Crippen LogP contribution in [0.3, 0.4) is 0 Å². The number of nitriles is 1. The summed E-state index contributed by atoms with van der Waals surface area (Å²) in [6, 6.07) is 7.91. The van der Waals surface area contributed by atoms with Crippen LogP contribution in [0.4, 0.5) is 0 Å². The third-order valence-electron chi connectivity index (χ3n) is 2.75. The van der Waals surface area contributed by atoms with Crippen LogP contribution in [-0.2, 0) is 6.42 Å². The van der Waals surface area contributed by atoms with Crippen molar-refractivity contribution >= 4 is 0 Å². The molecular weight excluding hydrogens is 242 g/mol. The van der Waals surface area contributed by atoms with Crippen molar-refractivity contribution < 1.29 is 9.26 Å². The van der Waals surface area contributed by atoms with Crippen molar-refractivity contribution in [1.82, 2.24) is 10.1 Å². The fourth-order valence-corrected chi connectivity index (χ4v) is 1.77. The fourth-order valence-electron chi connectivity index (χ4n) is 1.77. The predicted octanol–water partition coefficient (Wildman–Crippen LogP) is 2.90. The lowest BCUT2D eigenvalue weighted by Crippen LogP contribution is -1.91. The monoisotopic (exact) mass is 257 g/mol. The summed E-state index contributed by atoms with van der Waals surface area (Å²) in [5, 5.41) is 12.4. The van der Waals surface area contributed by atoms with Crippen LogP contribution in [0, 0.1) is 18.3 Å². The van der Waals surface area contributed by atoms with Crippen LogP contribution in [0.1, 0.15) is 24.3 Å². The molecule has 0 saturated heterocycles. The van der Waals surface area contributed by atoms with E-state index in [0.717, 1.165) is 23.3 Å². The van der Waals surface area contributed by atoms with E-state index in [9.17, 15) is 0 Å². The first-order valence-electron chi connectivity index (χ1n) is 6.09. The summed E-state index contributed by atoms with van der Waals surface area (Å²) < 4.78 is 10.5. The molecule has 0 saturated carbocycles. The number of benzene rings is 1. The number of unbranched alkanes of at least 4 members (excludes halogenated alkanes) is 1. The van der Waals surface area contributed by atoms with Gasteiger partial charge in [-0.1, -0.05) is 11.2 Å². The highest BCUT2D eigenvalue weighted by Gasteiger charge is 2.13. The third kappa shape index (κ3) is 3.10. The quantitative estimate of drug-likeness (QED) is 0.770. The molecule has 5 nitrogen and oxygen atoms in total. The molecule has 1 aromatic heterocycles. The summed E-state index contributed by atoms with van der Waals surface area (Å²) in [5.74, 6) is 1.79. The average molecular weight is 257 g/mol. The van der Waals surface area contributed by atoms with Crippen LogP contribution in [0.2, 0.25) is 0 Å². The average Bonchev–Trinajstić information content (AvgIpc) is 2.87. The first-order valence-corrected chi connectivity index (χ1v) is 6.09. The first-order chi connectivity index (χ1) is 9.24. The summed E-state index contributed by atoms with van der Waals surface area (Å²) >= 11 is 0. The van der Waals surface area contributed by atoms with E-state index in [1.807, 2.05) is 25.1 Å². The molecule has 1 aromatic carbocycles. The second-order valence-corrected chi connectivity index (χ2v) is 4.23. The van der Waals surface area contributed by atoms with Crippen molar-refractivity contribution in [3.8, 4) is 23.2 Å². The van der Waals surface area contributed by atoms with Gasteiger partial charge in [-0.25, -0.2) is 0 Å². The number of methoxy groups -OCH3 is 1. The number of nitrogens with zero attached hydrogens (tertiary/aromatic N) is 3. The Morgan fingerprint density at radius 2 is 2.26 bits per heavy atom. The van der Waals surface area contributed by atoms with Gasteiger partial charge in [-0.05, 0) is 31.0 Å². The normalized spacial score (nSPS) is 10.2. The number of rotatable bonds is 5. The minimum atomic E-state index is 0.492. The molecule has 19 heavy (non-hydrogen) atoms. The standard InChI is InChI=1S/C14H15N3O2/c1-10-6-7-11(12(9-10)18-2)14-16-13(19-17-14)5-3-4-8-15/h6-7,9H,3-5H2,1-2H3. The van der Waals surface area contributed by atoms with Crippen LogP contribution in [0.5, 0.6) is 5.75 Å². The molecule has 0 unspecified atom stereocenters. The molecule has 0 aliphatic rings. The van der Waals surface area contributed by atoms with Gasteiger partial charge < -0.3 is 9.26 Å². The van der Waals surface area contributed by atoms with Crippen LogP contribution in [0.25, 0.3) is 11.4 Å². The number of hydrogen-bond acceptors (Lipinski definition) is 5. The summed E-state index contributed by atoms with van der Waals surface area (Å²) in [7, 11) is 1.62. The van der Waals surface area contributed by atoms with E-state index in [4.69, 9.17) is 14.5 Å². The molecule has 0 fully saturated rings. The van der Waals surface area contributed by atoms with Crippen LogP contribution in [0.15, 0.2) is 22.7 Å². The van der Waals surface area contributed by atoms with Gasteiger partial charge in [0.2, 0.25) is 11.7 Å². The number of aryl methyl sites for hydroxylation is 2. The molecule has 0 radical (unpaired) electrons. The summed E-state index contributed by atoms with van der Waals surface area (Å²) in [6.07, 6.45) is 1.84. The van der Waals surface area contributed by atoms with E-state index in [0.29, 0.717) is 24.6 Å². The lowest BCUT2D eigenvalue weighted by Gasteiger charge is -2.05. The van der Waals surface area contributed by atoms with Crippen molar-refractivity contribution in [2.45, 2.75) is 26.2 Å². The molecule has 0 amide bonds. The zero-order valence-electron chi connectivity index (χ0n) is 11.0. The molecule has 2 rings (SSSR count). The Balaban J connectivity index is 2.21. The van der Waals surface area contributed by atoms with Crippen molar-refractivity contribution in [2.24, 2.45) is 0 Å². The van der Waals surface area contributed by atoms with Gasteiger partial charge in [-0.3, -0.25) is 0 Å². The zero-order chi connectivity index (χ0) is 13.7. The number of ether oxygens (including phenoxy) is 1. The largest absolute Gasteiger partial charge is 0.496 e. The van der Waals surface area contributed by atoms with Gasteiger partial charge in [0, 0.05) is 12.8 Å². The van der Waals surface area contributed by atoms with E-state index < -0.39 is 0 Å². The highest BCUT2D eigenvalue weighted by Crippen LogP contribution is 2.28. The van der Waals surface area contributed by atoms with E-state index in [1.165, 1.54) is 0 Å². The van der Waals surface area contributed by atoms with Crippen molar-refractivity contribution in [2.75, 3.05) is 7.11 Å². The van der Waals surface area contributed by atoms with Crippen LogP contribution >= 0.6 is 0 Å². The predicted molar refractivity (Wildman–Crippen MR) is 69.6 cm³/mol.